The summed E-state index contributed by atoms with van der Waals surface area (Å²) in [5.41, 5.74) is 3.00. The molecule has 0 saturated carbocycles. The SMILES string of the molecule is COC(=O)c1cnc(Cl)c(Br)c1.COC(=O)c1cnc(Oc2c(C)cc(C(C)=O)cc2C)c(Br)c1. The van der Waals surface area contributed by atoms with Gasteiger partial charge in [-0.3, -0.25) is 4.79 Å². The van der Waals surface area contributed by atoms with Crippen molar-refractivity contribution < 1.29 is 28.6 Å². The van der Waals surface area contributed by atoms with Gasteiger partial charge in [-0.05, 0) is 88.0 Å². The van der Waals surface area contributed by atoms with E-state index in [4.69, 9.17) is 16.3 Å². The number of ketones is 1. The van der Waals surface area contributed by atoms with E-state index in [1.54, 1.807) is 24.3 Å². The number of hydrogen-bond donors (Lipinski definition) is 0. The third kappa shape index (κ3) is 7.58. The number of hydrogen-bond acceptors (Lipinski definition) is 8. The normalized spacial score (nSPS) is 10.1. The molecule has 0 radical (unpaired) electrons. The van der Waals surface area contributed by atoms with Gasteiger partial charge in [0.15, 0.2) is 5.78 Å². The average Bonchev–Trinajstić information content (AvgIpc) is 2.83. The molecule has 0 spiro atoms. The van der Waals surface area contributed by atoms with E-state index in [9.17, 15) is 14.4 Å². The maximum atomic E-state index is 11.5. The minimum Gasteiger partial charge on any atom is -0.465 e. The van der Waals surface area contributed by atoms with Gasteiger partial charge in [-0.2, -0.15) is 0 Å². The van der Waals surface area contributed by atoms with Crippen LogP contribution in [0.3, 0.4) is 0 Å². The molecule has 3 aromatic rings. The number of aryl methyl sites for hydroxylation is 2. The topological polar surface area (TPSA) is 105 Å². The molecular weight excluding hydrogens is 608 g/mol. The number of esters is 2. The van der Waals surface area contributed by atoms with Crippen LogP contribution in [0.4, 0.5) is 0 Å². The van der Waals surface area contributed by atoms with Crippen LogP contribution >= 0.6 is 43.5 Å². The van der Waals surface area contributed by atoms with E-state index in [-0.39, 0.29) is 5.78 Å². The fourth-order valence-electron chi connectivity index (χ4n) is 2.79. The number of rotatable bonds is 5. The van der Waals surface area contributed by atoms with Crippen molar-refractivity contribution in [1.82, 2.24) is 9.97 Å². The second-order valence-corrected chi connectivity index (χ2v) is 9.15. The Bertz CT molecular complexity index is 1260. The van der Waals surface area contributed by atoms with Crippen molar-refractivity contribution in [2.24, 2.45) is 0 Å². The number of Topliss-reactive ketones (excluding diaryl/α,β-unsaturated/α-hetero) is 1. The zero-order chi connectivity index (χ0) is 26.3. The van der Waals surface area contributed by atoms with Crippen LogP contribution in [0.15, 0.2) is 45.6 Å². The summed E-state index contributed by atoms with van der Waals surface area (Å²) < 4.78 is 16.1. The Morgan fingerprint density at radius 1 is 0.800 bits per heavy atom. The van der Waals surface area contributed by atoms with E-state index < -0.39 is 11.9 Å². The summed E-state index contributed by atoms with van der Waals surface area (Å²) in [6, 6.07) is 6.70. The van der Waals surface area contributed by atoms with E-state index >= 15 is 0 Å². The molecule has 0 N–H and O–H groups in total. The molecule has 8 nitrogen and oxygen atoms in total. The van der Waals surface area contributed by atoms with Gasteiger partial charge in [-0.15, -0.1) is 0 Å². The Morgan fingerprint density at radius 2 is 1.29 bits per heavy atom. The van der Waals surface area contributed by atoms with Crippen molar-refractivity contribution in [2.45, 2.75) is 20.8 Å². The van der Waals surface area contributed by atoms with Crippen molar-refractivity contribution in [3.05, 3.63) is 78.6 Å². The van der Waals surface area contributed by atoms with Crippen molar-refractivity contribution in [3.63, 3.8) is 0 Å². The smallest absolute Gasteiger partial charge is 0.339 e. The molecule has 0 bridgehead atoms. The van der Waals surface area contributed by atoms with Crippen molar-refractivity contribution >= 4 is 61.2 Å². The maximum absolute atomic E-state index is 11.5. The van der Waals surface area contributed by atoms with Gasteiger partial charge >= 0.3 is 11.9 Å². The Balaban J connectivity index is 0.000000303. The summed E-state index contributed by atoms with van der Waals surface area (Å²) in [7, 11) is 2.62. The number of halogens is 3. The molecule has 2 aromatic heterocycles. The Morgan fingerprint density at radius 3 is 1.71 bits per heavy atom. The standard InChI is InChI=1S/C17H16BrNO4.C7H5BrClNO2/c1-9-5-12(11(3)20)6-10(2)15(9)23-16-14(18)7-13(8-19-16)17(21)22-4;1-12-7(11)4-2-5(8)6(9)10-3-4/h5-8H,1-4H3;2-3H,1H3. The number of aromatic nitrogens is 2. The predicted molar refractivity (Wildman–Crippen MR) is 138 cm³/mol. The molecule has 0 atom stereocenters. The van der Waals surface area contributed by atoms with Crippen molar-refractivity contribution in [3.8, 4) is 11.6 Å². The van der Waals surface area contributed by atoms with E-state index in [1.165, 1.54) is 33.5 Å². The van der Waals surface area contributed by atoms with E-state index in [1.807, 2.05) is 13.8 Å². The lowest BCUT2D eigenvalue weighted by Crippen LogP contribution is -2.03. The first-order valence-electron chi connectivity index (χ1n) is 9.91. The van der Waals surface area contributed by atoms with Gasteiger partial charge in [-0.1, -0.05) is 11.6 Å². The average molecular weight is 629 g/mol. The number of methoxy groups -OCH3 is 2. The highest BCUT2D eigenvalue weighted by molar-refractivity contribution is 9.10. The van der Waals surface area contributed by atoms with E-state index in [0.717, 1.165) is 11.1 Å². The minimum absolute atomic E-state index is 0.00415. The summed E-state index contributed by atoms with van der Waals surface area (Å²) in [5.74, 6) is 0.0701. The van der Waals surface area contributed by atoms with Gasteiger partial charge in [0.1, 0.15) is 10.9 Å². The molecule has 0 aliphatic heterocycles. The molecule has 0 saturated heterocycles. The maximum Gasteiger partial charge on any atom is 0.339 e. The van der Waals surface area contributed by atoms with Crippen LogP contribution in [0.1, 0.15) is 49.1 Å². The van der Waals surface area contributed by atoms with E-state index in [2.05, 4.69) is 51.3 Å². The minimum atomic E-state index is -0.470. The second kappa shape index (κ2) is 12.8. The molecule has 2 heterocycles. The van der Waals surface area contributed by atoms with Gasteiger partial charge in [0.2, 0.25) is 5.88 Å². The molecule has 1 aromatic carbocycles. The number of carbonyl (C=O) groups excluding carboxylic acids is 3. The molecule has 0 aliphatic rings. The molecule has 0 aliphatic carbocycles. The van der Waals surface area contributed by atoms with Gasteiger partial charge < -0.3 is 14.2 Å². The fraction of sp³-hybridized carbons (Fsp3) is 0.208. The Kier molecular flexibility index (Phi) is 10.4. The molecule has 3 rings (SSSR count). The lowest BCUT2D eigenvalue weighted by Gasteiger charge is -2.13. The Hall–Kier alpha value is -2.82. The van der Waals surface area contributed by atoms with Crippen LogP contribution < -0.4 is 4.74 Å². The summed E-state index contributed by atoms with van der Waals surface area (Å²) >= 11 is 12.1. The second-order valence-electron chi connectivity index (χ2n) is 7.09. The van der Waals surface area contributed by atoms with Gasteiger partial charge in [0.05, 0.1) is 34.3 Å². The molecule has 0 fully saturated rings. The summed E-state index contributed by atoms with van der Waals surface area (Å²) in [6.45, 7) is 5.26. The third-order valence-corrected chi connectivity index (χ3v) is 6.21. The zero-order valence-electron chi connectivity index (χ0n) is 19.4. The zero-order valence-corrected chi connectivity index (χ0v) is 23.4. The number of pyridine rings is 2. The number of benzene rings is 1. The van der Waals surface area contributed by atoms with Crippen LogP contribution in [0.5, 0.6) is 11.6 Å². The molecule has 0 amide bonds. The van der Waals surface area contributed by atoms with Gasteiger partial charge in [-0.25, -0.2) is 19.6 Å². The van der Waals surface area contributed by atoms with E-state index in [0.29, 0.717) is 42.4 Å². The third-order valence-electron chi connectivity index (χ3n) is 4.51. The number of ether oxygens (including phenoxy) is 3. The summed E-state index contributed by atoms with van der Waals surface area (Å²) in [4.78, 5) is 41.8. The highest BCUT2D eigenvalue weighted by Crippen LogP contribution is 2.33. The first kappa shape index (κ1) is 28.4. The van der Waals surface area contributed by atoms with Crippen LogP contribution in [-0.2, 0) is 9.47 Å². The van der Waals surface area contributed by atoms with Crippen LogP contribution in [-0.4, -0.2) is 41.9 Å². The monoisotopic (exact) mass is 626 g/mol. The Labute approximate surface area is 224 Å². The van der Waals surface area contributed by atoms with Crippen LogP contribution in [0.25, 0.3) is 0 Å². The first-order valence-corrected chi connectivity index (χ1v) is 11.9. The lowest BCUT2D eigenvalue weighted by molar-refractivity contribution is 0.0591. The molecule has 35 heavy (non-hydrogen) atoms. The highest BCUT2D eigenvalue weighted by Gasteiger charge is 2.15. The predicted octanol–water partition coefficient (Wildman–Crippen LogP) is 6.53. The van der Waals surface area contributed by atoms with Gasteiger partial charge in [0, 0.05) is 18.0 Å². The molecule has 11 heteroatoms. The van der Waals surface area contributed by atoms with Crippen LogP contribution in [0.2, 0.25) is 5.15 Å². The molecular formula is C24H21Br2ClN2O6. The van der Waals surface area contributed by atoms with Crippen molar-refractivity contribution in [2.75, 3.05) is 14.2 Å². The first-order chi connectivity index (χ1) is 16.5. The highest BCUT2D eigenvalue weighted by atomic mass is 79.9. The summed E-state index contributed by atoms with van der Waals surface area (Å²) in [6.07, 6.45) is 2.75. The quantitative estimate of drug-likeness (QED) is 0.179. The summed E-state index contributed by atoms with van der Waals surface area (Å²) in [5, 5.41) is 0.322. The molecule has 0 unspecified atom stereocenters. The lowest BCUT2D eigenvalue weighted by atomic mass is 10.0. The van der Waals surface area contributed by atoms with Crippen molar-refractivity contribution in [1.29, 1.82) is 0 Å². The van der Waals surface area contributed by atoms with Gasteiger partial charge in [0.25, 0.3) is 0 Å². The largest absolute Gasteiger partial charge is 0.465 e. The number of nitrogens with zero attached hydrogens (tertiary/aromatic N) is 2. The fourth-order valence-corrected chi connectivity index (χ4v) is 3.67. The van der Waals surface area contributed by atoms with Crippen LogP contribution in [0, 0.1) is 13.8 Å². The molecule has 184 valence electrons. The number of carbonyl (C=O) groups is 3.